The Morgan fingerprint density at radius 1 is 1.26 bits per heavy atom. The average Bonchev–Trinajstić information content (AvgIpc) is 3.35. The van der Waals surface area contributed by atoms with E-state index in [1.54, 1.807) is 30.2 Å². The summed E-state index contributed by atoms with van der Waals surface area (Å²) in [5.41, 5.74) is 2.10. The van der Waals surface area contributed by atoms with Gasteiger partial charge in [-0.15, -0.1) is 34.4 Å². The van der Waals surface area contributed by atoms with Gasteiger partial charge in [0.1, 0.15) is 16.4 Å². The van der Waals surface area contributed by atoms with Gasteiger partial charge in [0.25, 0.3) is 5.56 Å². The van der Waals surface area contributed by atoms with Crippen LogP contribution >= 0.6 is 34.4 Å². The highest BCUT2D eigenvalue weighted by molar-refractivity contribution is 7.98. The van der Waals surface area contributed by atoms with Crippen molar-refractivity contribution in [3.05, 3.63) is 68.9 Å². The number of rotatable bonds is 6. The average molecular weight is 415 g/mol. The maximum Gasteiger partial charge on any atom is 0.260 e. The summed E-state index contributed by atoms with van der Waals surface area (Å²) in [6.45, 7) is 2.07. The molecule has 3 aromatic heterocycles. The molecule has 0 aliphatic rings. The van der Waals surface area contributed by atoms with Gasteiger partial charge in [0.2, 0.25) is 0 Å². The molecule has 3 heterocycles. The Labute approximate surface area is 169 Å². The summed E-state index contributed by atoms with van der Waals surface area (Å²) in [6, 6.07) is 12.1. The Kier molecular flexibility index (Phi) is 5.33. The number of H-pyrrole nitrogens is 1. The zero-order valence-electron chi connectivity index (χ0n) is 14.9. The minimum atomic E-state index is -0.0616. The second-order valence-corrected chi connectivity index (χ2v) is 9.20. The Morgan fingerprint density at radius 2 is 2.15 bits per heavy atom. The fourth-order valence-corrected chi connectivity index (χ4v) is 5.49. The molecule has 0 bridgehead atoms. The van der Waals surface area contributed by atoms with Crippen LogP contribution in [0.15, 0.2) is 52.0 Å². The molecule has 0 amide bonds. The van der Waals surface area contributed by atoms with Crippen molar-refractivity contribution in [2.75, 3.05) is 7.11 Å². The van der Waals surface area contributed by atoms with Crippen LogP contribution in [0.3, 0.4) is 0 Å². The molecule has 0 saturated heterocycles. The van der Waals surface area contributed by atoms with E-state index in [0.717, 1.165) is 32.6 Å². The number of hydrogen-bond donors (Lipinski definition) is 1. The van der Waals surface area contributed by atoms with Gasteiger partial charge in [-0.05, 0) is 36.1 Å². The van der Waals surface area contributed by atoms with Crippen molar-refractivity contribution in [1.82, 2.24) is 9.97 Å². The summed E-state index contributed by atoms with van der Waals surface area (Å²) in [5, 5.41) is 4.82. The number of ether oxygens (including phenoxy) is 1. The summed E-state index contributed by atoms with van der Waals surface area (Å²) in [6.07, 6.45) is 0. The van der Waals surface area contributed by atoms with Crippen LogP contribution in [0, 0.1) is 0 Å². The van der Waals surface area contributed by atoms with Crippen molar-refractivity contribution < 1.29 is 4.74 Å². The number of nitrogens with one attached hydrogen (secondary N) is 1. The lowest BCUT2D eigenvalue weighted by molar-refractivity contribution is 0.414. The highest BCUT2D eigenvalue weighted by atomic mass is 32.2. The van der Waals surface area contributed by atoms with E-state index in [9.17, 15) is 4.79 Å². The molecule has 1 atom stereocenters. The van der Waals surface area contributed by atoms with Gasteiger partial charge in [0.05, 0.1) is 17.7 Å². The van der Waals surface area contributed by atoms with Crippen LogP contribution in [-0.4, -0.2) is 17.1 Å². The van der Waals surface area contributed by atoms with Crippen molar-refractivity contribution in [2.45, 2.75) is 17.9 Å². The van der Waals surface area contributed by atoms with Crippen molar-refractivity contribution in [3.63, 3.8) is 0 Å². The first-order valence-corrected chi connectivity index (χ1v) is 11.3. The lowest BCUT2D eigenvalue weighted by Gasteiger charge is -2.11. The Morgan fingerprint density at radius 3 is 2.93 bits per heavy atom. The maximum absolute atomic E-state index is 12.7. The van der Waals surface area contributed by atoms with E-state index in [1.165, 1.54) is 16.9 Å². The molecular weight excluding hydrogens is 396 g/mol. The third-order valence-electron chi connectivity index (χ3n) is 4.27. The van der Waals surface area contributed by atoms with Gasteiger partial charge in [-0.25, -0.2) is 4.98 Å². The second kappa shape index (κ2) is 7.88. The molecule has 0 unspecified atom stereocenters. The first-order valence-electron chi connectivity index (χ1n) is 8.45. The molecule has 0 aliphatic carbocycles. The molecule has 1 aromatic carbocycles. The summed E-state index contributed by atoms with van der Waals surface area (Å²) in [7, 11) is 1.67. The summed E-state index contributed by atoms with van der Waals surface area (Å²) < 4.78 is 5.28. The lowest BCUT2D eigenvalue weighted by Crippen LogP contribution is -2.12. The van der Waals surface area contributed by atoms with Crippen LogP contribution < -0.4 is 10.3 Å². The zero-order valence-corrected chi connectivity index (χ0v) is 17.3. The molecule has 0 radical (unpaired) electrons. The molecule has 0 spiro atoms. The van der Waals surface area contributed by atoms with E-state index >= 15 is 0 Å². The zero-order chi connectivity index (χ0) is 18.8. The number of nitrogens with zero attached hydrogens (tertiary/aromatic N) is 1. The number of hydrogen-bond acceptors (Lipinski definition) is 6. The molecule has 1 N–H and O–H groups in total. The van der Waals surface area contributed by atoms with Crippen LogP contribution in [0.2, 0.25) is 0 Å². The fourth-order valence-electron chi connectivity index (χ4n) is 2.83. The molecule has 0 aliphatic heterocycles. The van der Waals surface area contributed by atoms with E-state index < -0.39 is 0 Å². The fraction of sp³-hybridized carbons (Fsp3) is 0.200. The monoisotopic (exact) mass is 414 g/mol. The third kappa shape index (κ3) is 3.81. The Bertz CT molecular complexity index is 1120. The smallest absolute Gasteiger partial charge is 0.260 e. The molecule has 0 saturated carbocycles. The van der Waals surface area contributed by atoms with Gasteiger partial charge in [0, 0.05) is 21.6 Å². The minimum Gasteiger partial charge on any atom is -0.497 e. The molecule has 7 heteroatoms. The van der Waals surface area contributed by atoms with Gasteiger partial charge in [-0.1, -0.05) is 18.2 Å². The highest BCUT2D eigenvalue weighted by Gasteiger charge is 2.16. The van der Waals surface area contributed by atoms with Gasteiger partial charge < -0.3 is 9.72 Å². The van der Waals surface area contributed by atoms with E-state index in [2.05, 4.69) is 18.0 Å². The Hall–Kier alpha value is -2.09. The van der Waals surface area contributed by atoms with Crippen molar-refractivity contribution >= 4 is 44.7 Å². The molecule has 4 rings (SSSR count). The molecular formula is C20H18N2O2S3. The molecule has 4 nitrogen and oxygen atoms in total. The molecule has 0 fully saturated rings. The third-order valence-corrected chi connectivity index (χ3v) is 7.27. The second-order valence-electron chi connectivity index (χ2n) is 6.06. The highest BCUT2D eigenvalue weighted by Crippen LogP contribution is 2.35. The summed E-state index contributed by atoms with van der Waals surface area (Å²) in [5.74, 6) is 2.40. The topological polar surface area (TPSA) is 55.0 Å². The van der Waals surface area contributed by atoms with Crippen LogP contribution in [-0.2, 0) is 5.75 Å². The molecule has 138 valence electrons. The largest absolute Gasteiger partial charge is 0.497 e. The van der Waals surface area contributed by atoms with Gasteiger partial charge in [-0.3, -0.25) is 4.79 Å². The van der Waals surface area contributed by atoms with Crippen LogP contribution in [0.4, 0.5) is 0 Å². The standard InChI is InChI=1S/C20H18N2O2S3/c1-12(26-10-13-5-3-6-14(9-13)24-2)18-21-19(23)17-15(11-27-20(17)22-18)16-7-4-8-25-16/h3-9,11-12H,10H2,1-2H3,(H,21,22,23)/t12-/m1/s1. The Balaban J connectivity index is 1.57. The van der Waals surface area contributed by atoms with Crippen molar-refractivity contribution in [3.8, 4) is 16.2 Å². The summed E-state index contributed by atoms with van der Waals surface area (Å²) in [4.78, 5) is 22.4. The van der Waals surface area contributed by atoms with Crippen molar-refractivity contribution in [2.24, 2.45) is 0 Å². The van der Waals surface area contributed by atoms with E-state index in [-0.39, 0.29) is 10.8 Å². The van der Waals surface area contributed by atoms with Crippen LogP contribution in [0.5, 0.6) is 5.75 Å². The number of aromatic nitrogens is 2. The van der Waals surface area contributed by atoms with Gasteiger partial charge in [-0.2, -0.15) is 0 Å². The number of benzene rings is 1. The minimum absolute atomic E-state index is 0.0616. The van der Waals surface area contributed by atoms with Gasteiger partial charge in [0.15, 0.2) is 0 Å². The molecule has 27 heavy (non-hydrogen) atoms. The number of aromatic amines is 1. The molecule has 4 aromatic rings. The van der Waals surface area contributed by atoms with Crippen LogP contribution in [0.25, 0.3) is 20.7 Å². The number of thiophene rings is 2. The van der Waals surface area contributed by atoms with E-state index in [1.807, 2.05) is 41.1 Å². The summed E-state index contributed by atoms with van der Waals surface area (Å²) >= 11 is 4.90. The number of thioether (sulfide) groups is 1. The van der Waals surface area contributed by atoms with E-state index in [4.69, 9.17) is 9.72 Å². The number of methoxy groups -OCH3 is 1. The first-order chi connectivity index (χ1) is 13.2. The van der Waals surface area contributed by atoms with Crippen molar-refractivity contribution in [1.29, 1.82) is 0 Å². The van der Waals surface area contributed by atoms with E-state index in [0.29, 0.717) is 5.39 Å². The maximum atomic E-state index is 12.7. The lowest BCUT2D eigenvalue weighted by atomic mass is 10.2. The normalized spacial score (nSPS) is 12.4. The SMILES string of the molecule is COc1cccc(CS[C@H](C)c2nc3scc(-c4cccs4)c3c(=O)[nH]2)c1. The predicted molar refractivity (Wildman–Crippen MR) is 116 cm³/mol. The number of fused-ring (bicyclic) bond motifs is 1. The van der Waals surface area contributed by atoms with Gasteiger partial charge >= 0.3 is 0 Å². The first kappa shape index (κ1) is 18.3. The predicted octanol–water partition coefficient (Wildman–Crippen LogP) is 5.72. The van der Waals surface area contributed by atoms with Crippen LogP contribution in [0.1, 0.15) is 23.6 Å². The quantitative estimate of drug-likeness (QED) is 0.439.